The highest BCUT2D eigenvalue weighted by atomic mass is 32.2. The molecular weight excluding hydrogens is 350 g/mol. The van der Waals surface area contributed by atoms with E-state index >= 15 is 0 Å². The normalized spacial score (nSPS) is 14.4. The fraction of sp³-hybridized carbons (Fsp3) is 0.267. The van der Waals surface area contributed by atoms with Crippen molar-refractivity contribution in [1.29, 1.82) is 0 Å². The molecular formula is C15H13N3O2S3. The summed E-state index contributed by atoms with van der Waals surface area (Å²) < 4.78 is 7.97. The number of thiazole rings is 1. The molecule has 0 fully saturated rings. The molecule has 4 rings (SSSR count). The van der Waals surface area contributed by atoms with E-state index in [2.05, 4.69) is 15.3 Å². The lowest BCUT2D eigenvalue weighted by atomic mass is 10.2. The van der Waals surface area contributed by atoms with Crippen LogP contribution in [0.25, 0.3) is 20.3 Å². The van der Waals surface area contributed by atoms with E-state index in [1.807, 2.05) is 24.4 Å². The van der Waals surface area contributed by atoms with Crippen LogP contribution in [0.2, 0.25) is 0 Å². The summed E-state index contributed by atoms with van der Waals surface area (Å²) in [7, 11) is 0. The molecule has 1 aliphatic heterocycles. The minimum absolute atomic E-state index is 0.0200. The van der Waals surface area contributed by atoms with Gasteiger partial charge in [-0.3, -0.25) is 9.79 Å². The van der Waals surface area contributed by atoms with Gasteiger partial charge in [-0.25, -0.2) is 4.98 Å². The Balaban J connectivity index is 1.57. The standard InChI is InChI=1S/C15H13N3O2S3/c1-8-17-13-11(23-8)6-10(9-2-4-21-14(9)13)20-7-12(19)18-15-16-3-5-22-15/h2,4,6H,3,5,7H2,1H3,(H,16,18,19). The summed E-state index contributed by atoms with van der Waals surface area (Å²) >= 11 is 4.84. The van der Waals surface area contributed by atoms with Gasteiger partial charge >= 0.3 is 0 Å². The van der Waals surface area contributed by atoms with Crippen LogP contribution in [-0.4, -0.2) is 35.0 Å². The van der Waals surface area contributed by atoms with Gasteiger partial charge in [-0.2, -0.15) is 0 Å². The number of aliphatic imine (C=N–C) groups is 1. The lowest BCUT2D eigenvalue weighted by Crippen LogP contribution is -2.32. The Kier molecular flexibility index (Phi) is 3.96. The van der Waals surface area contributed by atoms with Crippen LogP contribution in [0.15, 0.2) is 22.5 Å². The van der Waals surface area contributed by atoms with Crippen molar-refractivity contribution in [3.05, 3.63) is 22.5 Å². The topological polar surface area (TPSA) is 63.6 Å². The first-order valence-corrected chi connectivity index (χ1v) is 9.76. The predicted octanol–water partition coefficient (Wildman–Crippen LogP) is 3.42. The van der Waals surface area contributed by atoms with E-state index < -0.39 is 0 Å². The molecule has 0 radical (unpaired) electrons. The molecule has 0 aliphatic carbocycles. The minimum Gasteiger partial charge on any atom is -0.483 e. The zero-order valence-corrected chi connectivity index (χ0v) is 14.7. The summed E-state index contributed by atoms with van der Waals surface area (Å²) in [4.78, 5) is 20.8. The largest absolute Gasteiger partial charge is 0.483 e. The van der Waals surface area contributed by atoms with Crippen molar-refractivity contribution in [3.8, 4) is 5.75 Å². The van der Waals surface area contributed by atoms with Crippen LogP contribution in [0.3, 0.4) is 0 Å². The summed E-state index contributed by atoms with van der Waals surface area (Å²) in [5.74, 6) is 1.48. The maximum absolute atomic E-state index is 12.0. The van der Waals surface area contributed by atoms with Crippen molar-refractivity contribution in [2.24, 2.45) is 4.99 Å². The van der Waals surface area contributed by atoms with Crippen molar-refractivity contribution in [2.45, 2.75) is 6.92 Å². The van der Waals surface area contributed by atoms with Gasteiger partial charge in [0.25, 0.3) is 5.91 Å². The number of amidine groups is 1. The second-order valence-electron chi connectivity index (χ2n) is 4.99. The molecule has 8 heteroatoms. The first-order chi connectivity index (χ1) is 11.2. The van der Waals surface area contributed by atoms with Crippen molar-refractivity contribution in [3.63, 3.8) is 0 Å². The fourth-order valence-electron chi connectivity index (χ4n) is 2.42. The lowest BCUT2D eigenvalue weighted by Gasteiger charge is -2.08. The van der Waals surface area contributed by atoms with E-state index in [0.29, 0.717) is 5.17 Å². The number of thiophene rings is 1. The van der Waals surface area contributed by atoms with E-state index in [-0.39, 0.29) is 12.5 Å². The van der Waals surface area contributed by atoms with Gasteiger partial charge in [0.2, 0.25) is 0 Å². The molecule has 1 aromatic carbocycles. The Morgan fingerprint density at radius 1 is 1.48 bits per heavy atom. The molecule has 23 heavy (non-hydrogen) atoms. The van der Waals surface area contributed by atoms with Gasteiger partial charge in [-0.15, -0.1) is 22.7 Å². The van der Waals surface area contributed by atoms with E-state index in [1.54, 1.807) is 34.4 Å². The number of benzene rings is 1. The third-order valence-corrected chi connectivity index (χ3v) is 6.09. The fourth-order valence-corrected chi connectivity index (χ4v) is 4.99. The lowest BCUT2D eigenvalue weighted by molar-refractivity contribution is -0.121. The molecule has 0 saturated carbocycles. The average molecular weight is 363 g/mol. The highest BCUT2D eigenvalue weighted by Gasteiger charge is 2.15. The third-order valence-electron chi connectivity index (χ3n) is 3.36. The molecule has 118 valence electrons. The molecule has 5 nitrogen and oxygen atoms in total. The SMILES string of the molecule is Cc1nc2c(cc(OCC(=O)NC3=NCCS3)c3ccsc32)s1. The van der Waals surface area contributed by atoms with Crippen LogP contribution in [0.1, 0.15) is 5.01 Å². The van der Waals surface area contributed by atoms with Gasteiger partial charge in [-0.1, -0.05) is 11.8 Å². The Morgan fingerprint density at radius 2 is 2.39 bits per heavy atom. The Labute approximate surface area is 144 Å². The number of aromatic nitrogens is 1. The Bertz CT molecular complexity index is 929. The van der Waals surface area contributed by atoms with Crippen LogP contribution in [0.5, 0.6) is 5.75 Å². The number of carbonyl (C=O) groups is 1. The van der Waals surface area contributed by atoms with Crippen molar-refractivity contribution < 1.29 is 9.53 Å². The molecule has 0 saturated heterocycles. The Morgan fingerprint density at radius 3 is 3.22 bits per heavy atom. The van der Waals surface area contributed by atoms with Crippen LogP contribution < -0.4 is 10.1 Å². The average Bonchev–Trinajstić information content (AvgIpc) is 3.23. The molecule has 0 atom stereocenters. The number of aryl methyl sites for hydroxylation is 1. The summed E-state index contributed by atoms with van der Waals surface area (Å²) in [6.45, 7) is 2.74. The van der Waals surface area contributed by atoms with E-state index in [1.165, 1.54) is 0 Å². The number of nitrogens with zero attached hydrogens (tertiary/aromatic N) is 2. The van der Waals surface area contributed by atoms with Crippen LogP contribution >= 0.6 is 34.4 Å². The quantitative estimate of drug-likeness (QED) is 0.774. The molecule has 0 bridgehead atoms. The summed E-state index contributed by atoms with van der Waals surface area (Å²) in [5.41, 5.74) is 1.02. The molecule has 1 aliphatic rings. The van der Waals surface area contributed by atoms with Crippen LogP contribution in [0, 0.1) is 6.92 Å². The highest BCUT2D eigenvalue weighted by molar-refractivity contribution is 8.14. The predicted molar refractivity (Wildman–Crippen MR) is 98.1 cm³/mol. The zero-order valence-electron chi connectivity index (χ0n) is 12.3. The van der Waals surface area contributed by atoms with Crippen molar-refractivity contribution in [1.82, 2.24) is 10.3 Å². The number of amides is 1. The number of rotatable bonds is 3. The molecule has 0 unspecified atom stereocenters. The minimum atomic E-state index is -0.179. The molecule has 2 aromatic heterocycles. The maximum Gasteiger partial charge on any atom is 0.263 e. The van der Waals surface area contributed by atoms with Crippen molar-refractivity contribution in [2.75, 3.05) is 18.9 Å². The van der Waals surface area contributed by atoms with Gasteiger partial charge < -0.3 is 10.1 Å². The number of hydrogen-bond acceptors (Lipinski definition) is 7. The van der Waals surface area contributed by atoms with Crippen LogP contribution in [-0.2, 0) is 4.79 Å². The number of ether oxygens (including phenoxy) is 1. The van der Waals surface area contributed by atoms with Gasteiger partial charge in [0.15, 0.2) is 11.8 Å². The molecule has 1 N–H and O–H groups in total. The molecule has 0 spiro atoms. The van der Waals surface area contributed by atoms with E-state index in [9.17, 15) is 4.79 Å². The monoisotopic (exact) mass is 363 g/mol. The number of carbonyl (C=O) groups excluding carboxylic acids is 1. The van der Waals surface area contributed by atoms with Crippen molar-refractivity contribution >= 4 is 65.8 Å². The second kappa shape index (κ2) is 6.10. The molecule has 1 amide bonds. The molecule has 3 heterocycles. The third kappa shape index (κ3) is 2.93. The zero-order chi connectivity index (χ0) is 15.8. The van der Waals surface area contributed by atoms with E-state index in [0.717, 1.165) is 43.4 Å². The van der Waals surface area contributed by atoms with Gasteiger partial charge in [0.05, 0.1) is 26.5 Å². The molecule has 3 aromatic rings. The summed E-state index contributed by atoms with van der Waals surface area (Å²) in [6.07, 6.45) is 0. The first kappa shape index (κ1) is 14.9. The van der Waals surface area contributed by atoms with Crippen LogP contribution in [0.4, 0.5) is 0 Å². The maximum atomic E-state index is 12.0. The van der Waals surface area contributed by atoms with Gasteiger partial charge in [-0.05, 0) is 18.4 Å². The van der Waals surface area contributed by atoms with E-state index in [4.69, 9.17) is 4.74 Å². The number of thioether (sulfide) groups is 1. The highest BCUT2D eigenvalue weighted by Crippen LogP contribution is 2.38. The summed E-state index contributed by atoms with van der Waals surface area (Å²) in [6, 6.07) is 3.99. The summed E-state index contributed by atoms with van der Waals surface area (Å²) in [5, 5.41) is 7.52. The van der Waals surface area contributed by atoms with Gasteiger partial charge in [0.1, 0.15) is 5.75 Å². The number of nitrogens with one attached hydrogen (secondary N) is 1. The number of fused-ring (bicyclic) bond motifs is 3. The first-order valence-electron chi connectivity index (χ1n) is 7.08. The number of hydrogen-bond donors (Lipinski definition) is 1. The smallest absolute Gasteiger partial charge is 0.263 e. The second-order valence-corrected chi connectivity index (χ2v) is 8.22. The van der Waals surface area contributed by atoms with Gasteiger partial charge in [0, 0.05) is 17.2 Å². The Hall–Kier alpha value is -1.64.